The highest BCUT2D eigenvalue weighted by Gasteiger charge is 2.12. The summed E-state index contributed by atoms with van der Waals surface area (Å²) in [5, 5.41) is 10.2. The van der Waals surface area contributed by atoms with Crippen LogP contribution in [0.15, 0.2) is 182 Å². The molecule has 0 unspecified atom stereocenters. The lowest BCUT2D eigenvalue weighted by Gasteiger charge is -2.14. The summed E-state index contributed by atoms with van der Waals surface area (Å²) in [7, 11) is 0. The van der Waals surface area contributed by atoms with Gasteiger partial charge in [0.25, 0.3) is 0 Å². The summed E-state index contributed by atoms with van der Waals surface area (Å²) in [6.45, 7) is 0. The van der Waals surface area contributed by atoms with Crippen molar-refractivity contribution in [3.05, 3.63) is 182 Å². The molecule has 0 amide bonds. The Morgan fingerprint density at radius 2 is 0.674 bits per heavy atom. The maximum Gasteiger partial charge on any atom is -0.00990 e. The zero-order valence-electron chi connectivity index (χ0n) is 25.3. The molecule has 0 saturated heterocycles. The van der Waals surface area contributed by atoms with Crippen molar-refractivity contribution in [2.24, 2.45) is 0 Å². The van der Waals surface area contributed by atoms with Crippen LogP contribution in [0.4, 0.5) is 0 Å². The van der Waals surface area contributed by atoms with E-state index in [1.165, 1.54) is 87.6 Å². The van der Waals surface area contributed by atoms with Gasteiger partial charge in [-0.1, -0.05) is 164 Å². The fourth-order valence-corrected chi connectivity index (χ4v) is 7.17. The van der Waals surface area contributed by atoms with E-state index in [9.17, 15) is 0 Å². The van der Waals surface area contributed by atoms with Gasteiger partial charge in [-0.05, 0) is 106 Å². The Labute approximate surface area is 268 Å². The molecule has 9 aromatic carbocycles. The summed E-state index contributed by atoms with van der Waals surface area (Å²) in [6.07, 6.45) is 0. The van der Waals surface area contributed by atoms with Gasteiger partial charge >= 0.3 is 0 Å². The summed E-state index contributed by atoms with van der Waals surface area (Å²) < 4.78 is 0. The van der Waals surface area contributed by atoms with Crippen LogP contribution in [0.1, 0.15) is 0 Å². The molecule has 0 spiro atoms. The standard InChI is InChI=1S/C46H30/c1-2-11-34-28-36(27-22-31(34)10-1)35-13-7-14-37(29-35)41-19-9-20-43-39(18-8-21-44(41)43)32-23-25-33(26-24-32)46-30-38-12-3-4-15-40(38)42-16-5-6-17-45(42)46/h1-30H. The molecule has 0 fully saturated rings. The van der Waals surface area contributed by atoms with E-state index in [0.29, 0.717) is 0 Å². The van der Waals surface area contributed by atoms with Crippen molar-refractivity contribution in [3.63, 3.8) is 0 Å². The first kappa shape index (κ1) is 26.4. The quantitative estimate of drug-likeness (QED) is 0.181. The second-order valence-electron chi connectivity index (χ2n) is 12.1. The van der Waals surface area contributed by atoms with Gasteiger partial charge in [-0.15, -0.1) is 0 Å². The molecule has 0 atom stereocenters. The van der Waals surface area contributed by atoms with E-state index in [-0.39, 0.29) is 0 Å². The molecular formula is C46H30. The van der Waals surface area contributed by atoms with E-state index in [1.807, 2.05) is 0 Å². The minimum Gasteiger partial charge on any atom is -0.0616 e. The number of hydrogen-bond donors (Lipinski definition) is 0. The monoisotopic (exact) mass is 582 g/mol. The largest absolute Gasteiger partial charge is 0.0616 e. The number of hydrogen-bond acceptors (Lipinski definition) is 0. The molecule has 0 nitrogen and oxygen atoms in total. The highest BCUT2D eigenvalue weighted by Crippen LogP contribution is 2.39. The van der Waals surface area contributed by atoms with E-state index in [0.717, 1.165) is 0 Å². The topological polar surface area (TPSA) is 0 Å². The molecule has 0 bridgehead atoms. The van der Waals surface area contributed by atoms with E-state index in [4.69, 9.17) is 0 Å². The van der Waals surface area contributed by atoms with Crippen LogP contribution in [0.3, 0.4) is 0 Å². The first-order chi connectivity index (χ1) is 22.8. The molecule has 0 N–H and O–H groups in total. The van der Waals surface area contributed by atoms with Crippen LogP contribution in [0.2, 0.25) is 0 Å². The van der Waals surface area contributed by atoms with Gasteiger partial charge < -0.3 is 0 Å². The van der Waals surface area contributed by atoms with Crippen molar-refractivity contribution in [3.8, 4) is 44.5 Å². The Kier molecular flexibility index (Phi) is 6.25. The Morgan fingerprint density at radius 3 is 1.43 bits per heavy atom. The molecule has 0 radical (unpaired) electrons. The third kappa shape index (κ3) is 4.47. The molecule has 0 aliphatic carbocycles. The Morgan fingerprint density at radius 1 is 0.196 bits per heavy atom. The number of fused-ring (bicyclic) bond motifs is 5. The predicted octanol–water partition coefficient (Wildman–Crippen LogP) is 13.0. The first-order valence-electron chi connectivity index (χ1n) is 15.9. The molecule has 0 heterocycles. The maximum absolute atomic E-state index is 2.34. The van der Waals surface area contributed by atoms with Crippen molar-refractivity contribution in [2.75, 3.05) is 0 Å². The van der Waals surface area contributed by atoms with Gasteiger partial charge in [-0.3, -0.25) is 0 Å². The predicted molar refractivity (Wildman–Crippen MR) is 198 cm³/mol. The van der Waals surface area contributed by atoms with Crippen LogP contribution < -0.4 is 0 Å². The van der Waals surface area contributed by atoms with Crippen LogP contribution in [-0.4, -0.2) is 0 Å². The van der Waals surface area contributed by atoms with Gasteiger partial charge in [-0.25, -0.2) is 0 Å². The molecule has 9 rings (SSSR count). The van der Waals surface area contributed by atoms with Crippen molar-refractivity contribution in [2.45, 2.75) is 0 Å². The Bertz CT molecular complexity index is 2570. The molecule has 0 aromatic heterocycles. The minimum atomic E-state index is 1.22. The van der Waals surface area contributed by atoms with Gasteiger partial charge in [0.2, 0.25) is 0 Å². The van der Waals surface area contributed by atoms with E-state index in [1.54, 1.807) is 0 Å². The van der Waals surface area contributed by atoms with Gasteiger partial charge in [0.15, 0.2) is 0 Å². The van der Waals surface area contributed by atoms with E-state index < -0.39 is 0 Å². The second-order valence-corrected chi connectivity index (χ2v) is 12.1. The van der Waals surface area contributed by atoms with Crippen molar-refractivity contribution >= 4 is 43.1 Å². The highest BCUT2D eigenvalue weighted by molar-refractivity contribution is 6.14. The second kappa shape index (κ2) is 10.9. The van der Waals surface area contributed by atoms with Crippen LogP contribution in [-0.2, 0) is 0 Å². The number of benzene rings is 9. The van der Waals surface area contributed by atoms with Crippen LogP contribution in [0, 0.1) is 0 Å². The van der Waals surface area contributed by atoms with E-state index >= 15 is 0 Å². The number of rotatable bonds is 4. The van der Waals surface area contributed by atoms with Crippen LogP contribution in [0.25, 0.3) is 87.6 Å². The van der Waals surface area contributed by atoms with Crippen LogP contribution in [0.5, 0.6) is 0 Å². The average molecular weight is 583 g/mol. The molecule has 214 valence electrons. The zero-order valence-corrected chi connectivity index (χ0v) is 25.3. The minimum absolute atomic E-state index is 1.22. The molecule has 0 saturated carbocycles. The molecule has 9 aromatic rings. The first-order valence-corrected chi connectivity index (χ1v) is 15.9. The normalized spacial score (nSPS) is 11.5. The fourth-order valence-electron chi connectivity index (χ4n) is 7.17. The average Bonchev–Trinajstić information content (AvgIpc) is 3.14. The SMILES string of the molecule is c1cc(-c2ccc3ccccc3c2)cc(-c2cccc3c(-c4ccc(-c5cc6ccccc6c6ccccc56)cc4)cccc23)c1. The molecule has 0 heteroatoms. The molecule has 0 aliphatic heterocycles. The fraction of sp³-hybridized carbons (Fsp3) is 0. The van der Waals surface area contributed by atoms with Gasteiger partial charge in [0.1, 0.15) is 0 Å². The lowest BCUT2D eigenvalue weighted by atomic mass is 9.90. The highest BCUT2D eigenvalue weighted by atomic mass is 14.2. The van der Waals surface area contributed by atoms with Gasteiger partial charge in [-0.2, -0.15) is 0 Å². The lowest BCUT2D eigenvalue weighted by molar-refractivity contribution is 1.61. The summed E-state index contributed by atoms with van der Waals surface area (Å²) >= 11 is 0. The summed E-state index contributed by atoms with van der Waals surface area (Å²) in [4.78, 5) is 0. The Balaban J connectivity index is 1.11. The van der Waals surface area contributed by atoms with Crippen molar-refractivity contribution in [1.29, 1.82) is 0 Å². The summed E-state index contributed by atoms with van der Waals surface area (Å²) in [5.74, 6) is 0. The van der Waals surface area contributed by atoms with Crippen molar-refractivity contribution < 1.29 is 0 Å². The maximum atomic E-state index is 2.34. The smallest absolute Gasteiger partial charge is 0.00990 e. The van der Waals surface area contributed by atoms with Gasteiger partial charge in [0.05, 0.1) is 0 Å². The third-order valence-corrected chi connectivity index (χ3v) is 9.45. The van der Waals surface area contributed by atoms with Gasteiger partial charge in [0, 0.05) is 0 Å². The van der Waals surface area contributed by atoms with E-state index in [2.05, 4.69) is 182 Å². The molecule has 46 heavy (non-hydrogen) atoms. The third-order valence-electron chi connectivity index (χ3n) is 9.45. The van der Waals surface area contributed by atoms with Crippen LogP contribution >= 0.6 is 0 Å². The lowest BCUT2D eigenvalue weighted by Crippen LogP contribution is -1.87. The Hall–Kier alpha value is -5.98. The zero-order chi connectivity index (χ0) is 30.5. The summed E-state index contributed by atoms with van der Waals surface area (Å²) in [5.41, 5.74) is 9.92. The summed E-state index contributed by atoms with van der Waals surface area (Å²) in [6, 6.07) is 66.5. The molecule has 0 aliphatic rings. The molecular weight excluding hydrogens is 553 g/mol. The van der Waals surface area contributed by atoms with Crippen molar-refractivity contribution in [1.82, 2.24) is 0 Å².